The van der Waals surface area contributed by atoms with E-state index in [2.05, 4.69) is 10.6 Å². The van der Waals surface area contributed by atoms with Crippen molar-refractivity contribution in [1.82, 2.24) is 0 Å². The van der Waals surface area contributed by atoms with E-state index in [1.54, 1.807) is 52.0 Å². The minimum Gasteiger partial charge on any atom is -0.482 e. The van der Waals surface area contributed by atoms with Crippen LogP contribution >= 0.6 is 0 Å². The quantitative estimate of drug-likeness (QED) is 0.516. The molecule has 2 aromatic rings. The Bertz CT molecular complexity index is 1030. The number of hydrogen-bond donors (Lipinski definition) is 2. The highest BCUT2D eigenvalue weighted by atomic mass is 16.6. The Morgan fingerprint density at radius 1 is 0.882 bits per heavy atom. The van der Waals surface area contributed by atoms with Crippen LogP contribution in [0, 0.1) is 0 Å². The molecule has 0 bridgehead atoms. The zero-order chi connectivity index (χ0) is 25.5. The number of nitrogens with one attached hydrogen (secondary N) is 2. The van der Waals surface area contributed by atoms with Crippen molar-refractivity contribution in [2.24, 2.45) is 0 Å². The van der Waals surface area contributed by atoms with Crippen molar-refractivity contribution in [3.63, 3.8) is 0 Å². The molecule has 2 amide bonds. The van der Waals surface area contributed by atoms with Crippen LogP contribution in [0.5, 0.6) is 5.75 Å². The summed E-state index contributed by atoms with van der Waals surface area (Å²) in [5.74, 6) is -0.536. The highest BCUT2D eigenvalue weighted by molar-refractivity contribution is 6.08. The number of esters is 1. The molecule has 0 heterocycles. The van der Waals surface area contributed by atoms with Crippen molar-refractivity contribution in [1.29, 1.82) is 0 Å². The Kier molecular flexibility index (Phi) is 8.68. The fourth-order valence-corrected chi connectivity index (χ4v) is 3.11. The van der Waals surface area contributed by atoms with Crippen molar-refractivity contribution < 1.29 is 28.6 Å². The topological polar surface area (TPSA) is 103 Å². The Labute approximate surface area is 201 Å². The predicted octanol–water partition coefficient (Wildman–Crippen LogP) is 5.53. The number of carbonyl (C=O) groups is 3. The molecule has 0 aliphatic rings. The second-order valence-corrected chi connectivity index (χ2v) is 9.68. The van der Waals surface area contributed by atoms with Crippen LogP contribution in [0.3, 0.4) is 0 Å². The van der Waals surface area contributed by atoms with Gasteiger partial charge in [0, 0.05) is 11.6 Å². The third kappa shape index (κ3) is 8.10. The normalized spacial score (nSPS) is 11.4. The summed E-state index contributed by atoms with van der Waals surface area (Å²) in [5.41, 5.74) is 1.05. The number of amides is 2. The smallest absolute Gasteiger partial charge is 0.412 e. The van der Waals surface area contributed by atoms with E-state index in [1.165, 1.54) is 6.07 Å². The summed E-state index contributed by atoms with van der Waals surface area (Å²) in [7, 11) is 0. The lowest BCUT2D eigenvalue weighted by Gasteiger charge is -2.23. The summed E-state index contributed by atoms with van der Waals surface area (Å²) in [5, 5.41) is 5.51. The molecule has 0 aliphatic heterocycles. The fourth-order valence-electron chi connectivity index (χ4n) is 3.11. The van der Waals surface area contributed by atoms with Crippen molar-refractivity contribution in [2.75, 3.05) is 23.8 Å². The Balaban J connectivity index is 2.35. The fraction of sp³-hybridized carbons (Fsp3) is 0.423. The minimum atomic E-state index is -0.693. The van der Waals surface area contributed by atoms with Gasteiger partial charge in [-0.2, -0.15) is 0 Å². The van der Waals surface area contributed by atoms with E-state index < -0.39 is 17.7 Å². The van der Waals surface area contributed by atoms with Crippen LogP contribution in [-0.2, 0) is 19.7 Å². The summed E-state index contributed by atoms with van der Waals surface area (Å²) in [4.78, 5) is 37.2. The summed E-state index contributed by atoms with van der Waals surface area (Å²) < 4.78 is 15.7. The lowest BCUT2D eigenvalue weighted by atomic mass is 9.83. The maximum atomic E-state index is 13.2. The number of ether oxygens (including phenoxy) is 3. The van der Waals surface area contributed by atoms with Crippen LogP contribution < -0.4 is 15.4 Å². The van der Waals surface area contributed by atoms with Gasteiger partial charge in [0.15, 0.2) is 6.61 Å². The zero-order valence-electron chi connectivity index (χ0n) is 20.9. The lowest BCUT2D eigenvalue weighted by Crippen LogP contribution is -2.28. The maximum Gasteiger partial charge on any atom is 0.412 e. The minimum absolute atomic E-state index is 0.245. The van der Waals surface area contributed by atoms with E-state index in [0.717, 1.165) is 5.56 Å². The molecule has 2 N–H and O–H groups in total. The predicted molar refractivity (Wildman–Crippen MR) is 132 cm³/mol. The number of anilines is 2. The van der Waals surface area contributed by atoms with E-state index in [9.17, 15) is 14.4 Å². The van der Waals surface area contributed by atoms with Crippen molar-refractivity contribution in [3.8, 4) is 5.75 Å². The second-order valence-electron chi connectivity index (χ2n) is 9.68. The average Bonchev–Trinajstić information content (AvgIpc) is 2.72. The molecule has 0 unspecified atom stereocenters. The number of hydrogen-bond acceptors (Lipinski definition) is 6. The molecule has 0 fully saturated rings. The molecule has 0 radical (unpaired) electrons. The molecule has 2 rings (SSSR count). The number of benzene rings is 2. The SMILES string of the molecule is CCOC(=O)COc1ccc(NC(=O)OC(C)(C)C)c(NC(=O)c2ccccc2C(C)(C)C)c1. The first-order chi connectivity index (χ1) is 15.8. The maximum absolute atomic E-state index is 13.2. The van der Waals surface area contributed by atoms with E-state index >= 15 is 0 Å². The average molecular weight is 471 g/mol. The summed E-state index contributed by atoms with van der Waals surface area (Å²) in [6.45, 7) is 13.0. The summed E-state index contributed by atoms with van der Waals surface area (Å²) >= 11 is 0. The van der Waals surface area contributed by atoms with Crippen LogP contribution in [0.2, 0.25) is 0 Å². The van der Waals surface area contributed by atoms with E-state index in [-0.39, 0.29) is 24.5 Å². The van der Waals surface area contributed by atoms with Crippen LogP contribution in [0.15, 0.2) is 42.5 Å². The third-order valence-electron chi connectivity index (χ3n) is 4.52. The van der Waals surface area contributed by atoms with Gasteiger partial charge in [-0.1, -0.05) is 39.0 Å². The van der Waals surface area contributed by atoms with Crippen LogP contribution in [0.1, 0.15) is 64.4 Å². The van der Waals surface area contributed by atoms with Gasteiger partial charge in [-0.25, -0.2) is 9.59 Å². The Hall–Kier alpha value is -3.55. The molecule has 0 spiro atoms. The standard InChI is InChI=1S/C26H34N2O6/c1-8-32-22(29)16-33-17-13-14-20(28-24(31)34-26(5,6)7)21(15-17)27-23(30)18-11-9-10-12-19(18)25(2,3)4/h9-15H,8,16H2,1-7H3,(H,27,30)(H,28,31). The van der Waals surface area contributed by atoms with Crippen molar-refractivity contribution in [2.45, 2.75) is 59.5 Å². The number of rotatable bonds is 7. The molecule has 0 saturated carbocycles. The van der Waals surface area contributed by atoms with Gasteiger partial charge in [0.2, 0.25) is 0 Å². The van der Waals surface area contributed by atoms with Crippen LogP contribution in [0.25, 0.3) is 0 Å². The first kappa shape index (κ1) is 26.7. The van der Waals surface area contributed by atoms with E-state index in [4.69, 9.17) is 14.2 Å². The molecular weight excluding hydrogens is 436 g/mol. The van der Waals surface area contributed by atoms with E-state index in [1.807, 2.05) is 32.9 Å². The van der Waals surface area contributed by atoms with Crippen LogP contribution in [0.4, 0.5) is 16.2 Å². The first-order valence-corrected chi connectivity index (χ1v) is 11.1. The van der Waals surface area contributed by atoms with E-state index in [0.29, 0.717) is 22.7 Å². The molecule has 184 valence electrons. The zero-order valence-corrected chi connectivity index (χ0v) is 20.9. The summed E-state index contributed by atoms with van der Waals surface area (Å²) in [6, 6.07) is 12.0. The van der Waals surface area contributed by atoms with Gasteiger partial charge in [-0.05, 0) is 56.9 Å². The molecule has 0 saturated heterocycles. The summed E-state index contributed by atoms with van der Waals surface area (Å²) in [6.07, 6.45) is -0.668. The Morgan fingerprint density at radius 2 is 1.56 bits per heavy atom. The molecule has 0 atom stereocenters. The third-order valence-corrected chi connectivity index (χ3v) is 4.52. The van der Waals surface area contributed by atoms with Crippen molar-refractivity contribution >= 4 is 29.3 Å². The van der Waals surface area contributed by atoms with Gasteiger partial charge in [0.1, 0.15) is 11.4 Å². The highest BCUT2D eigenvalue weighted by Gasteiger charge is 2.23. The van der Waals surface area contributed by atoms with Crippen molar-refractivity contribution in [3.05, 3.63) is 53.6 Å². The molecule has 34 heavy (non-hydrogen) atoms. The monoisotopic (exact) mass is 470 g/mol. The van der Waals surface area contributed by atoms with Gasteiger partial charge in [-0.15, -0.1) is 0 Å². The van der Waals surface area contributed by atoms with Gasteiger partial charge >= 0.3 is 12.1 Å². The van der Waals surface area contributed by atoms with Gasteiger partial charge < -0.3 is 19.5 Å². The largest absolute Gasteiger partial charge is 0.482 e. The molecule has 0 aromatic heterocycles. The molecule has 0 aliphatic carbocycles. The molecule has 2 aromatic carbocycles. The first-order valence-electron chi connectivity index (χ1n) is 11.1. The van der Waals surface area contributed by atoms with Gasteiger partial charge in [-0.3, -0.25) is 10.1 Å². The molecule has 8 nitrogen and oxygen atoms in total. The molecule has 8 heteroatoms. The second kappa shape index (κ2) is 11.0. The molecular formula is C26H34N2O6. The highest BCUT2D eigenvalue weighted by Crippen LogP contribution is 2.30. The lowest BCUT2D eigenvalue weighted by molar-refractivity contribution is -0.145. The number of carbonyl (C=O) groups excluding carboxylic acids is 3. The van der Waals surface area contributed by atoms with Gasteiger partial charge in [0.25, 0.3) is 5.91 Å². The van der Waals surface area contributed by atoms with Crippen LogP contribution in [-0.4, -0.2) is 36.8 Å². The van der Waals surface area contributed by atoms with Gasteiger partial charge in [0.05, 0.1) is 18.0 Å². The Morgan fingerprint density at radius 3 is 2.18 bits per heavy atom.